The first kappa shape index (κ1) is 24.0. The van der Waals surface area contributed by atoms with Crippen LogP contribution < -0.4 is 0 Å². The van der Waals surface area contributed by atoms with E-state index in [1.807, 2.05) is 6.92 Å². The van der Waals surface area contributed by atoms with Crippen molar-refractivity contribution in [2.45, 2.75) is 58.5 Å². The number of aliphatic hydroxyl groups is 1. The molecule has 4 unspecified atom stereocenters. The van der Waals surface area contributed by atoms with E-state index >= 15 is 0 Å². The number of carbonyl (C=O) groups excluding carboxylic acids is 1. The Morgan fingerprint density at radius 2 is 1.60 bits per heavy atom. The van der Waals surface area contributed by atoms with Crippen LogP contribution in [0.5, 0.6) is 0 Å². The molecule has 7 heteroatoms. The van der Waals surface area contributed by atoms with Crippen LogP contribution >= 0.6 is 0 Å². The van der Waals surface area contributed by atoms with Gasteiger partial charge in [0.1, 0.15) is 12.2 Å². The SMILES string of the molecule is C=CC(=O)OC(C)COCC(COCC(C)OCCC)OCC(C)O. The molecule has 0 saturated carbocycles. The first-order valence-electron chi connectivity index (χ1n) is 8.78. The Hall–Kier alpha value is -0.990. The van der Waals surface area contributed by atoms with Gasteiger partial charge in [0.25, 0.3) is 0 Å². The van der Waals surface area contributed by atoms with E-state index in [1.54, 1.807) is 13.8 Å². The molecule has 0 radical (unpaired) electrons. The molecular formula is C18H34O7. The fourth-order valence-electron chi connectivity index (χ4n) is 1.80. The molecule has 0 amide bonds. The Kier molecular flexibility index (Phi) is 14.7. The lowest BCUT2D eigenvalue weighted by molar-refractivity contribution is -0.146. The highest BCUT2D eigenvalue weighted by molar-refractivity contribution is 5.81. The molecule has 0 aliphatic carbocycles. The lowest BCUT2D eigenvalue weighted by Crippen LogP contribution is -2.32. The highest BCUT2D eigenvalue weighted by atomic mass is 16.6. The van der Waals surface area contributed by atoms with Crippen LogP contribution in [-0.4, -0.2) is 75.1 Å². The zero-order chi connectivity index (χ0) is 19.1. The number of ether oxygens (including phenoxy) is 5. The Balaban J connectivity index is 4.11. The van der Waals surface area contributed by atoms with E-state index in [9.17, 15) is 9.90 Å². The van der Waals surface area contributed by atoms with E-state index in [2.05, 4.69) is 13.5 Å². The van der Waals surface area contributed by atoms with Crippen LogP contribution in [0.15, 0.2) is 12.7 Å². The molecule has 1 N–H and O–H groups in total. The number of hydrogen-bond donors (Lipinski definition) is 1. The van der Waals surface area contributed by atoms with Gasteiger partial charge >= 0.3 is 5.97 Å². The minimum absolute atomic E-state index is 0.0108. The van der Waals surface area contributed by atoms with E-state index in [4.69, 9.17) is 23.7 Å². The topological polar surface area (TPSA) is 83.5 Å². The quantitative estimate of drug-likeness (QED) is 0.331. The molecular weight excluding hydrogens is 328 g/mol. The van der Waals surface area contributed by atoms with Crippen molar-refractivity contribution in [1.29, 1.82) is 0 Å². The molecule has 4 atom stereocenters. The van der Waals surface area contributed by atoms with Gasteiger partial charge in [0.2, 0.25) is 0 Å². The normalized spacial score (nSPS) is 16.0. The largest absolute Gasteiger partial charge is 0.457 e. The summed E-state index contributed by atoms with van der Waals surface area (Å²) in [6.07, 6.45) is 0.813. The maximum absolute atomic E-state index is 11.1. The molecule has 0 aliphatic rings. The molecule has 7 nitrogen and oxygen atoms in total. The van der Waals surface area contributed by atoms with Gasteiger partial charge in [0.15, 0.2) is 0 Å². The third-order valence-electron chi connectivity index (χ3n) is 2.98. The molecule has 0 aromatic rings. The van der Waals surface area contributed by atoms with Gasteiger partial charge in [0, 0.05) is 12.7 Å². The number of aliphatic hydroxyl groups excluding tert-OH is 1. The van der Waals surface area contributed by atoms with Crippen molar-refractivity contribution in [3.63, 3.8) is 0 Å². The fourth-order valence-corrected chi connectivity index (χ4v) is 1.80. The molecule has 148 valence electrons. The van der Waals surface area contributed by atoms with Crippen molar-refractivity contribution in [2.75, 3.05) is 39.6 Å². The second-order valence-electron chi connectivity index (χ2n) is 6.01. The first-order valence-corrected chi connectivity index (χ1v) is 8.78. The van der Waals surface area contributed by atoms with E-state index in [0.29, 0.717) is 19.8 Å². The van der Waals surface area contributed by atoms with Crippen molar-refractivity contribution < 1.29 is 33.6 Å². The van der Waals surface area contributed by atoms with E-state index < -0.39 is 12.1 Å². The van der Waals surface area contributed by atoms with Gasteiger partial charge in [-0.25, -0.2) is 4.79 Å². The number of carbonyl (C=O) groups is 1. The van der Waals surface area contributed by atoms with Crippen molar-refractivity contribution in [1.82, 2.24) is 0 Å². The lowest BCUT2D eigenvalue weighted by atomic mass is 10.3. The summed E-state index contributed by atoms with van der Waals surface area (Å²) in [5.74, 6) is -0.484. The Morgan fingerprint density at radius 1 is 1.00 bits per heavy atom. The Morgan fingerprint density at radius 3 is 2.12 bits per heavy atom. The highest BCUT2D eigenvalue weighted by Gasteiger charge is 2.14. The summed E-state index contributed by atoms with van der Waals surface area (Å²) in [4.78, 5) is 11.1. The smallest absolute Gasteiger partial charge is 0.330 e. The molecule has 0 spiro atoms. The van der Waals surface area contributed by atoms with Gasteiger partial charge in [-0.1, -0.05) is 13.5 Å². The van der Waals surface area contributed by atoms with Crippen LogP contribution in [0, 0.1) is 0 Å². The second-order valence-corrected chi connectivity index (χ2v) is 6.01. The lowest BCUT2D eigenvalue weighted by Gasteiger charge is -2.21. The Labute approximate surface area is 151 Å². The average molecular weight is 362 g/mol. The first-order chi connectivity index (χ1) is 11.9. The van der Waals surface area contributed by atoms with Gasteiger partial charge in [-0.15, -0.1) is 0 Å². The molecule has 0 bridgehead atoms. The highest BCUT2D eigenvalue weighted by Crippen LogP contribution is 2.02. The maximum atomic E-state index is 11.1. The summed E-state index contributed by atoms with van der Waals surface area (Å²) >= 11 is 0. The van der Waals surface area contributed by atoms with Crippen LogP contribution in [0.3, 0.4) is 0 Å². The van der Waals surface area contributed by atoms with Crippen molar-refractivity contribution >= 4 is 5.97 Å². The van der Waals surface area contributed by atoms with Crippen LogP contribution in [0.4, 0.5) is 0 Å². The van der Waals surface area contributed by atoms with Gasteiger partial charge in [-0.3, -0.25) is 0 Å². The minimum Gasteiger partial charge on any atom is -0.457 e. The van der Waals surface area contributed by atoms with Crippen LogP contribution in [0.1, 0.15) is 34.1 Å². The summed E-state index contributed by atoms with van der Waals surface area (Å²) in [6, 6.07) is 0. The van der Waals surface area contributed by atoms with Crippen molar-refractivity contribution in [2.24, 2.45) is 0 Å². The summed E-state index contributed by atoms with van der Waals surface area (Å²) < 4.78 is 27.3. The Bertz CT molecular complexity index is 346. The second kappa shape index (κ2) is 15.3. The summed E-state index contributed by atoms with van der Waals surface area (Å²) in [6.45, 7) is 12.9. The molecule has 0 saturated heterocycles. The van der Waals surface area contributed by atoms with Gasteiger partial charge in [0.05, 0.1) is 45.2 Å². The van der Waals surface area contributed by atoms with Gasteiger partial charge < -0.3 is 28.8 Å². The number of hydrogen-bond acceptors (Lipinski definition) is 7. The average Bonchev–Trinajstić information content (AvgIpc) is 2.56. The molecule has 0 fully saturated rings. The molecule has 0 aromatic heterocycles. The number of esters is 1. The molecule has 0 aliphatic heterocycles. The predicted octanol–water partition coefficient (Wildman–Crippen LogP) is 1.72. The fraction of sp³-hybridized carbons (Fsp3) is 0.833. The molecule has 25 heavy (non-hydrogen) atoms. The third kappa shape index (κ3) is 15.0. The summed E-state index contributed by atoms with van der Waals surface area (Å²) in [5, 5.41) is 9.36. The standard InChI is InChI=1S/C18H34O7/c1-6-8-23-15(4)10-21-12-17(24-9-14(3)19)13-22-11-16(5)25-18(20)7-2/h7,14-17,19H,2,6,8-13H2,1,3-5H3. The third-order valence-corrected chi connectivity index (χ3v) is 2.98. The monoisotopic (exact) mass is 362 g/mol. The molecule has 0 rings (SSSR count). The van der Waals surface area contributed by atoms with Crippen LogP contribution in [0.2, 0.25) is 0 Å². The number of rotatable bonds is 16. The van der Waals surface area contributed by atoms with E-state index in [1.165, 1.54) is 0 Å². The van der Waals surface area contributed by atoms with Crippen LogP contribution in [0.25, 0.3) is 0 Å². The van der Waals surface area contributed by atoms with Crippen LogP contribution in [-0.2, 0) is 28.5 Å². The van der Waals surface area contributed by atoms with Gasteiger partial charge in [-0.2, -0.15) is 0 Å². The van der Waals surface area contributed by atoms with E-state index in [-0.39, 0.29) is 38.1 Å². The summed E-state index contributed by atoms with van der Waals surface area (Å²) in [7, 11) is 0. The minimum atomic E-state index is -0.568. The molecule has 0 heterocycles. The zero-order valence-corrected chi connectivity index (χ0v) is 15.9. The predicted molar refractivity (Wildman–Crippen MR) is 94.5 cm³/mol. The van der Waals surface area contributed by atoms with Crippen molar-refractivity contribution in [3.05, 3.63) is 12.7 Å². The van der Waals surface area contributed by atoms with Gasteiger partial charge in [-0.05, 0) is 27.2 Å². The molecule has 0 aromatic carbocycles. The maximum Gasteiger partial charge on any atom is 0.330 e. The zero-order valence-electron chi connectivity index (χ0n) is 15.9. The van der Waals surface area contributed by atoms with E-state index in [0.717, 1.165) is 12.5 Å². The summed E-state index contributed by atoms with van der Waals surface area (Å²) in [5.41, 5.74) is 0. The van der Waals surface area contributed by atoms with Crippen molar-refractivity contribution in [3.8, 4) is 0 Å².